The Morgan fingerprint density at radius 1 is 1.20 bits per heavy atom. The van der Waals surface area contributed by atoms with Gasteiger partial charge in [-0.3, -0.25) is 9.98 Å². The van der Waals surface area contributed by atoms with Gasteiger partial charge in [0, 0.05) is 21.9 Å². The number of hydrogen-bond donors (Lipinski definition) is 2. The summed E-state index contributed by atoms with van der Waals surface area (Å²) in [4.78, 5) is 12.6. The van der Waals surface area contributed by atoms with Crippen molar-refractivity contribution in [2.45, 2.75) is 27.2 Å². The van der Waals surface area contributed by atoms with Crippen LogP contribution in [0.3, 0.4) is 0 Å². The van der Waals surface area contributed by atoms with E-state index in [9.17, 15) is 9.90 Å². The second-order valence-electron chi connectivity index (χ2n) is 7.08. The number of hydrogen-bond acceptors (Lipinski definition) is 6. The summed E-state index contributed by atoms with van der Waals surface area (Å²) >= 11 is 1.28. The van der Waals surface area contributed by atoms with Crippen molar-refractivity contribution in [1.82, 2.24) is 4.57 Å². The van der Waals surface area contributed by atoms with E-state index in [1.54, 1.807) is 24.7 Å². The minimum absolute atomic E-state index is 0.0130. The first-order chi connectivity index (χ1) is 14.4. The van der Waals surface area contributed by atoms with E-state index in [1.807, 2.05) is 43.5 Å². The van der Waals surface area contributed by atoms with Crippen molar-refractivity contribution in [2.75, 3.05) is 7.11 Å². The molecule has 2 N–H and O–H groups in total. The summed E-state index contributed by atoms with van der Waals surface area (Å²) in [5, 5.41) is 22.1. The van der Waals surface area contributed by atoms with Gasteiger partial charge >= 0.3 is 5.63 Å². The maximum atomic E-state index is 12.3. The van der Waals surface area contributed by atoms with Crippen LogP contribution in [0.1, 0.15) is 23.6 Å². The Morgan fingerprint density at radius 3 is 2.53 bits per heavy atom. The zero-order chi connectivity index (χ0) is 21.6. The maximum absolute atomic E-state index is 12.3. The monoisotopic (exact) mass is 422 g/mol. The summed E-state index contributed by atoms with van der Waals surface area (Å²) in [6, 6.07) is 9.35. The third-order valence-electron chi connectivity index (χ3n) is 5.47. The molecule has 2 aromatic carbocycles. The van der Waals surface area contributed by atoms with Gasteiger partial charge in [-0.1, -0.05) is 6.92 Å². The zero-order valence-electron chi connectivity index (χ0n) is 17.2. The van der Waals surface area contributed by atoms with E-state index < -0.39 is 0 Å². The molecular formula is C23H22N2O4S. The molecule has 0 aliphatic carbocycles. The summed E-state index contributed by atoms with van der Waals surface area (Å²) in [7, 11) is 1.61. The molecule has 0 atom stereocenters. The van der Waals surface area contributed by atoms with Crippen molar-refractivity contribution in [2.24, 2.45) is 0 Å². The predicted octanol–water partition coefficient (Wildman–Crippen LogP) is 4.69. The number of nitrogens with one attached hydrogen (secondary N) is 1. The third-order valence-corrected chi connectivity index (χ3v) is 6.22. The minimum atomic E-state index is -0.374. The molecule has 2 aromatic heterocycles. The number of rotatable bonds is 4. The Labute approximate surface area is 177 Å². The van der Waals surface area contributed by atoms with Crippen LogP contribution >= 0.6 is 11.3 Å². The molecule has 0 aliphatic heterocycles. The van der Waals surface area contributed by atoms with Crippen LogP contribution in [-0.2, 0) is 6.42 Å². The lowest BCUT2D eigenvalue weighted by atomic mass is 10.0. The normalized spacial score (nSPS) is 11.2. The summed E-state index contributed by atoms with van der Waals surface area (Å²) in [6.07, 6.45) is 0.561. The molecule has 0 spiro atoms. The van der Waals surface area contributed by atoms with Crippen LogP contribution < -0.4 is 15.2 Å². The molecule has 0 bridgehead atoms. The Balaban J connectivity index is 2.03. The van der Waals surface area contributed by atoms with E-state index in [4.69, 9.17) is 14.6 Å². The highest BCUT2D eigenvalue weighted by Gasteiger charge is 2.20. The SMILES string of the molecule is CCc1c(C)c2cc(-n3c(-c4ccc(OC)cc4)csc3=N)c(O)c(C)c2oc1=O. The van der Waals surface area contributed by atoms with Crippen LogP contribution in [0.2, 0.25) is 0 Å². The number of nitrogens with zero attached hydrogens (tertiary/aromatic N) is 1. The summed E-state index contributed by atoms with van der Waals surface area (Å²) in [5.41, 5.74) is 4.10. The molecule has 7 heteroatoms. The standard InChI is InChI=1S/C23H22N2O4S/c1-5-16-12(2)17-10-18(20(26)13(3)21(17)29-22(16)27)25-19(11-30-23(25)24)14-6-8-15(28-4)9-7-14/h6-11,24,26H,5H2,1-4H3. The fourth-order valence-corrected chi connectivity index (χ4v) is 4.52. The third kappa shape index (κ3) is 3.02. The van der Waals surface area contributed by atoms with E-state index in [0.29, 0.717) is 28.8 Å². The molecule has 0 aliphatic rings. The topological polar surface area (TPSA) is 88.5 Å². The van der Waals surface area contributed by atoms with Crippen molar-refractivity contribution in [1.29, 1.82) is 5.41 Å². The summed E-state index contributed by atoms with van der Waals surface area (Å²) in [5.74, 6) is 0.731. The lowest BCUT2D eigenvalue weighted by Gasteiger charge is -2.16. The molecule has 4 rings (SSSR count). The average Bonchev–Trinajstić information content (AvgIpc) is 3.13. The van der Waals surface area contributed by atoms with Crippen LogP contribution in [0.15, 0.2) is 44.9 Å². The van der Waals surface area contributed by atoms with E-state index in [-0.39, 0.29) is 16.2 Å². The molecule has 0 unspecified atom stereocenters. The number of fused-ring (bicyclic) bond motifs is 1. The van der Waals surface area contributed by atoms with Gasteiger partial charge in [0.25, 0.3) is 0 Å². The van der Waals surface area contributed by atoms with E-state index in [0.717, 1.165) is 28.0 Å². The average molecular weight is 423 g/mol. The van der Waals surface area contributed by atoms with Gasteiger partial charge in [0.1, 0.15) is 17.1 Å². The lowest BCUT2D eigenvalue weighted by molar-refractivity contribution is 0.415. The van der Waals surface area contributed by atoms with Gasteiger partial charge in [0.2, 0.25) is 0 Å². The highest BCUT2D eigenvalue weighted by atomic mass is 32.1. The molecule has 0 amide bonds. The van der Waals surface area contributed by atoms with E-state index in [2.05, 4.69) is 0 Å². The summed E-state index contributed by atoms with van der Waals surface area (Å²) < 4.78 is 12.5. The smallest absolute Gasteiger partial charge is 0.339 e. The number of benzene rings is 2. The zero-order valence-corrected chi connectivity index (χ0v) is 18.0. The second-order valence-corrected chi connectivity index (χ2v) is 7.94. The van der Waals surface area contributed by atoms with Gasteiger partial charge in [-0.15, -0.1) is 11.3 Å². The maximum Gasteiger partial charge on any atom is 0.339 e. The van der Waals surface area contributed by atoms with Crippen molar-refractivity contribution in [3.05, 3.63) is 67.6 Å². The van der Waals surface area contributed by atoms with Crippen LogP contribution in [0.4, 0.5) is 0 Å². The molecule has 0 fully saturated rings. The number of aromatic nitrogens is 1. The number of aryl methyl sites for hydroxylation is 2. The predicted molar refractivity (Wildman–Crippen MR) is 118 cm³/mol. The Hall–Kier alpha value is -3.32. The van der Waals surface area contributed by atoms with Gasteiger partial charge in [-0.05, 0) is 61.7 Å². The molecule has 154 valence electrons. The van der Waals surface area contributed by atoms with E-state index in [1.165, 1.54) is 11.3 Å². The van der Waals surface area contributed by atoms with Crippen molar-refractivity contribution < 1.29 is 14.3 Å². The van der Waals surface area contributed by atoms with Gasteiger partial charge < -0.3 is 14.3 Å². The number of phenolic OH excluding ortho intramolecular Hbond substituents is 1. The molecule has 0 saturated carbocycles. The van der Waals surface area contributed by atoms with Gasteiger partial charge in [-0.25, -0.2) is 4.79 Å². The molecule has 6 nitrogen and oxygen atoms in total. The molecule has 30 heavy (non-hydrogen) atoms. The largest absolute Gasteiger partial charge is 0.505 e. The first-order valence-electron chi connectivity index (χ1n) is 9.56. The van der Waals surface area contributed by atoms with Gasteiger partial charge in [0.05, 0.1) is 18.5 Å². The number of phenols is 1. The fourth-order valence-electron chi connectivity index (χ4n) is 3.76. The quantitative estimate of drug-likeness (QED) is 0.467. The number of thiazole rings is 1. The highest BCUT2D eigenvalue weighted by Crippen LogP contribution is 2.36. The number of aromatic hydroxyl groups is 1. The molecule has 0 radical (unpaired) electrons. The fraction of sp³-hybridized carbons (Fsp3) is 0.217. The Bertz CT molecular complexity index is 1380. The van der Waals surface area contributed by atoms with Crippen LogP contribution in [0.5, 0.6) is 11.5 Å². The lowest BCUT2D eigenvalue weighted by Crippen LogP contribution is -2.14. The van der Waals surface area contributed by atoms with Crippen LogP contribution in [0.25, 0.3) is 27.9 Å². The number of ether oxygens (including phenoxy) is 1. The Morgan fingerprint density at radius 2 is 1.90 bits per heavy atom. The Kier molecular flexibility index (Phi) is 4.99. The minimum Gasteiger partial charge on any atom is -0.505 e. The molecule has 2 heterocycles. The van der Waals surface area contributed by atoms with E-state index >= 15 is 0 Å². The van der Waals surface area contributed by atoms with Crippen molar-refractivity contribution in [3.63, 3.8) is 0 Å². The van der Waals surface area contributed by atoms with Crippen LogP contribution in [-0.4, -0.2) is 16.8 Å². The molecular weight excluding hydrogens is 400 g/mol. The van der Waals surface area contributed by atoms with Crippen LogP contribution in [0, 0.1) is 19.3 Å². The first kappa shape index (κ1) is 20.0. The van der Waals surface area contributed by atoms with Crippen molar-refractivity contribution >= 4 is 22.3 Å². The highest BCUT2D eigenvalue weighted by molar-refractivity contribution is 7.07. The molecule has 4 aromatic rings. The summed E-state index contributed by atoms with van der Waals surface area (Å²) in [6.45, 7) is 5.53. The molecule has 0 saturated heterocycles. The second kappa shape index (κ2) is 7.50. The number of methoxy groups -OCH3 is 1. The van der Waals surface area contributed by atoms with Crippen molar-refractivity contribution in [3.8, 4) is 28.4 Å². The first-order valence-corrected chi connectivity index (χ1v) is 10.4. The van der Waals surface area contributed by atoms with Gasteiger partial charge in [-0.2, -0.15) is 0 Å². The van der Waals surface area contributed by atoms with Gasteiger partial charge in [0.15, 0.2) is 4.80 Å².